The number of hydrogen-bond donors (Lipinski definition) is 2. The van der Waals surface area contributed by atoms with Crippen molar-refractivity contribution in [3.05, 3.63) is 90.0 Å². The summed E-state index contributed by atoms with van der Waals surface area (Å²) < 4.78 is 33.5. The van der Waals surface area contributed by atoms with Gasteiger partial charge in [-0.05, 0) is 36.6 Å². The van der Waals surface area contributed by atoms with E-state index < -0.39 is 34.6 Å². The number of ether oxygens (including phenoxy) is 1. The SMILES string of the molecule is Cc1ccc(S(=O)(=O)N[C@H](C(=O)OCC(=O)c2c(-c3ccccc3)[nH]c3ccccc23)C(C)C)cc1. The normalized spacial score (nSPS) is 12.6. The molecular formula is C28H28N2O5S. The van der Waals surface area contributed by atoms with Gasteiger partial charge in [0.15, 0.2) is 6.61 Å². The molecule has 0 radical (unpaired) electrons. The van der Waals surface area contributed by atoms with Gasteiger partial charge in [-0.1, -0.05) is 80.1 Å². The van der Waals surface area contributed by atoms with Crippen LogP contribution in [-0.4, -0.2) is 37.8 Å². The molecule has 3 aromatic carbocycles. The third-order valence-corrected chi connectivity index (χ3v) is 7.38. The van der Waals surface area contributed by atoms with E-state index in [0.717, 1.165) is 22.0 Å². The highest BCUT2D eigenvalue weighted by atomic mass is 32.2. The highest BCUT2D eigenvalue weighted by molar-refractivity contribution is 7.89. The van der Waals surface area contributed by atoms with Gasteiger partial charge in [0.05, 0.1) is 16.2 Å². The maximum absolute atomic E-state index is 13.3. The first-order valence-corrected chi connectivity index (χ1v) is 13.1. The molecule has 0 aliphatic heterocycles. The first-order valence-electron chi connectivity index (χ1n) is 11.6. The monoisotopic (exact) mass is 504 g/mol. The average Bonchev–Trinajstić information content (AvgIpc) is 3.26. The zero-order chi connectivity index (χ0) is 25.9. The van der Waals surface area contributed by atoms with Gasteiger partial charge >= 0.3 is 5.97 Å². The van der Waals surface area contributed by atoms with Crippen molar-refractivity contribution in [2.75, 3.05) is 6.61 Å². The minimum atomic E-state index is -3.96. The van der Waals surface area contributed by atoms with Crippen LogP contribution in [0.2, 0.25) is 0 Å². The predicted molar refractivity (Wildman–Crippen MR) is 139 cm³/mol. The van der Waals surface area contributed by atoms with E-state index >= 15 is 0 Å². The van der Waals surface area contributed by atoms with Gasteiger partial charge in [0.25, 0.3) is 0 Å². The first kappa shape index (κ1) is 25.3. The van der Waals surface area contributed by atoms with E-state index in [9.17, 15) is 18.0 Å². The summed E-state index contributed by atoms with van der Waals surface area (Å²) in [6, 6.07) is 22.0. The van der Waals surface area contributed by atoms with Crippen LogP contribution in [0.5, 0.6) is 0 Å². The smallest absolute Gasteiger partial charge is 0.324 e. The van der Waals surface area contributed by atoms with E-state index in [2.05, 4.69) is 9.71 Å². The van der Waals surface area contributed by atoms with Gasteiger partial charge in [0, 0.05) is 10.9 Å². The van der Waals surface area contributed by atoms with Gasteiger partial charge in [-0.2, -0.15) is 4.72 Å². The number of rotatable bonds is 9. The second kappa shape index (κ2) is 10.5. The first-order chi connectivity index (χ1) is 17.2. The summed E-state index contributed by atoms with van der Waals surface area (Å²) in [6.45, 7) is 4.75. The summed E-state index contributed by atoms with van der Waals surface area (Å²) in [5, 5.41) is 0.720. The molecule has 0 fully saturated rings. The molecule has 7 nitrogen and oxygen atoms in total. The highest BCUT2D eigenvalue weighted by Crippen LogP contribution is 2.30. The van der Waals surface area contributed by atoms with Crippen molar-refractivity contribution in [2.45, 2.75) is 31.7 Å². The Morgan fingerprint density at radius 1 is 0.917 bits per heavy atom. The molecule has 1 heterocycles. The molecule has 0 saturated carbocycles. The third-order valence-electron chi connectivity index (χ3n) is 5.93. The molecule has 2 N–H and O–H groups in total. The van der Waals surface area contributed by atoms with Gasteiger partial charge < -0.3 is 9.72 Å². The number of carbonyl (C=O) groups is 2. The Morgan fingerprint density at radius 3 is 2.22 bits per heavy atom. The number of sulfonamides is 1. The number of fused-ring (bicyclic) bond motifs is 1. The fraction of sp³-hybridized carbons (Fsp3) is 0.214. The molecule has 0 spiro atoms. The van der Waals surface area contributed by atoms with Crippen molar-refractivity contribution in [1.29, 1.82) is 0 Å². The van der Waals surface area contributed by atoms with Crippen molar-refractivity contribution in [3.8, 4) is 11.3 Å². The number of aryl methyl sites for hydroxylation is 1. The van der Waals surface area contributed by atoms with Crippen molar-refractivity contribution in [3.63, 3.8) is 0 Å². The third kappa shape index (κ3) is 5.40. The lowest BCUT2D eigenvalue weighted by molar-refractivity contribution is -0.145. The van der Waals surface area contributed by atoms with E-state index in [1.165, 1.54) is 12.1 Å². The van der Waals surface area contributed by atoms with Crippen LogP contribution in [0.15, 0.2) is 83.8 Å². The van der Waals surface area contributed by atoms with E-state index in [-0.39, 0.29) is 10.7 Å². The van der Waals surface area contributed by atoms with Crippen molar-refractivity contribution in [1.82, 2.24) is 9.71 Å². The number of hydrogen-bond acceptors (Lipinski definition) is 5. The predicted octanol–water partition coefficient (Wildman–Crippen LogP) is 4.87. The lowest BCUT2D eigenvalue weighted by Gasteiger charge is -2.20. The number of nitrogens with one attached hydrogen (secondary N) is 2. The molecule has 0 unspecified atom stereocenters. The Hall–Kier alpha value is -3.75. The number of aromatic nitrogens is 1. The second-order valence-electron chi connectivity index (χ2n) is 8.97. The number of para-hydroxylation sites is 1. The standard InChI is InChI=1S/C28H28N2O5S/c1-18(2)26(30-36(33,34)21-15-13-19(3)14-16-21)28(32)35-17-24(31)25-22-11-7-8-12-23(22)29-27(25)20-9-5-4-6-10-20/h4-16,18,26,29-30H,17H2,1-3H3/t26-/m0/s1. The van der Waals surface area contributed by atoms with Crippen LogP contribution in [0.4, 0.5) is 0 Å². The highest BCUT2D eigenvalue weighted by Gasteiger charge is 2.30. The lowest BCUT2D eigenvalue weighted by atomic mass is 10.0. The Kier molecular flexibility index (Phi) is 7.37. The van der Waals surface area contributed by atoms with Crippen LogP contribution in [0.1, 0.15) is 29.8 Å². The van der Waals surface area contributed by atoms with Crippen molar-refractivity contribution < 1.29 is 22.7 Å². The van der Waals surface area contributed by atoms with E-state index in [4.69, 9.17) is 4.74 Å². The maximum Gasteiger partial charge on any atom is 0.324 e. The number of esters is 1. The Bertz CT molecular complexity index is 1490. The lowest BCUT2D eigenvalue weighted by Crippen LogP contribution is -2.45. The fourth-order valence-electron chi connectivity index (χ4n) is 3.96. The summed E-state index contributed by atoms with van der Waals surface area (Å²) >= 11 is 0. The van der Waals surface area contributed by atoms with E-state index in [1.807, 2.05) is 61.5 Å². The number of Topliss-reactive ketones (excluding diaryl/α,β-unsaturated/α-hetero) is 1. The van der Waals surface area contributed by atoms with Crippen molar-refractivity contribution >= 4 is 32.7 Å². The van der Waals surface area contributed by atoms with E-state index in [1.54, 1.807) is 26.0 Å². The van der Waals surface area contributed by atoms with Crippen LogP contribution < -0.4 is 4.72 Å². The summed E-state index contributed by atoms with van der Waals surface area (Å²) in [5.41, 5.74) is 3.59. The van der Waals surface area contributed by atoms with Crippen molar-refractivity contribution in [2.24, 2.45) is 5.92 Å². The van der Waals surface area contributed by atoms with Crippen LogP contribution in [0.3, 0.4) is 0 Å². The quantitative estimate of drug-likeness (QED) is 0.250. The minimum absolute atomic E-state index is 0.0499. The molecule has 186 valence electrons. The van der Waals surface area contributed by atoms with Crippen LogP contribution >= 0.6 is 0 Å². The van der Waals surface area contributed by atoms with Gasteiger partial charge in [0.1, 0.15) is 6.04 Å². The van der Waals surface area contributed by atoms with Crippen LogP contribution in [0, 0.1) is 12.8 Å². The summed E-state index contributed by atoms with van der Waals surface area (Å²) in [5.74, 6) is -1.60. The van der Waals surface area contributed by atoms with Crippen LogP contribution in [0.25, 0.3) is 22.2 Å². The summed E-state index contributed by atoms with van der Waals surface area (Å²) in [7, 11) is -3.96. The zero-order valence-corrected chi connectivity index (χ0v) is 21.1. The number of H-pyrrole nitrogens is 1. The molecule has 36 heavy (non-hydrogen) atoms. The Balaban J connectivity index is 1.55. The molecule has 1 aromatic heterocycles. The molecule has 0 amide bonds. The molecule has 0 saturated heterocycles. The Morgan fingerprint density at radius 2 is 1.56 bits per heavy atom. The molecular weight excluding hydrogens is 476 g/mol. The molecule has 1 atom stereocenters. The van der Waals surface area contributed by atoms with Crippen LogP contribution in [-0.2, 0) is 19.6 Å². The molecule has 0 aliphatic rings. The summed E-state index contributed by atoms with van der Waals surface area (Å²) in [6.07, 6.45) is 0. The molecule has 0 bridgehead atoms. The van der Waals surface area contributed by atoms with Gasteiger partial charge in [0.2, 0.25) is 15.8 Å². The van der Waals surface area contributed by atoms with Gasteiger partial charge in [-0.15, -0.1) is 0 Å². The zero-order valence-electron chi connectivity index (χ0n) is 20.3. The fourth-order valence-corrected chi connectivity index (χ4v) is 5.29. The van der Waals surface area contributed by atoms with Gasteiger partial charge in [-0.3, -0.25) is 9.59 Å². The number of aromatic amines is 1. The number of carbonyl (C=O) groups excluding carboxylic acids is 2. The second-order valence-corrected chi connectivity index (χ2v) is 10.7. The minimum Gasteiger partial charge on any atom is -0.456 e. The average molecular weight is 505 g/mol. The topological polar surface area (TPSA) is 105 Å². The number of benzene rings is 3. The van der Waals surface area contributed by atoms with E-state index in [0.29, 0.717) is 11.3 Å². The number of ketones is 1. The summed E-state index contributed by atoms with van der Waals surface area (Å²) in [4.78, 5) is 29.6. The molecule has 8 heteroatoms. The largest absolute Gasteiger partial charge is 0.456 e. The Labute approximate surface area is 210 Å². The molecule has 4 aromatic rings. The molecule has 0 aliphatic carbocycles. The van der Waals surface area contributed by atoms with Gasteiger partial charge in [-0.25, -0.2) is 8.42 Å². The molecule has 4 rings (SSSR count). The maximum atomic E-state index is 13.3.